The average molecular weight is 289 g/mol. The van der Waals surface area contributed by atoms with Gasteiger partial charge in [0.2, 0.25) is 0 Å². The molecule has 1 heterocycles. The number of nitrogens with two attached hydrogens (primary N) is 1. The van der Waals surface area contributed by atoms with Crippen LogP contribution in [0.5, 0.6) is 5.75 Å². The molecule has 0 saturated heterocycles. The average Bonchev–Trinajstić information content (AvgIpc) is 2.87. The minimum atomic E-state index is -0.692. The van der Waals surface area contributed by atoms with Gasteiger partial charge in [-0.15, -0.1) is 0 Å². The third-order valence-electron chi connectivity index (χ3n) is 3.08. The third kappa shape index (κ3) is 3.03. The van der Waals surface area contributed by atoms with E-state index in [1.54, 1.807) is 0 Å². The summed E-state index contributed by atoms with van der Waals surface area (Å²) in [5.41, 5.74) is 6.71. The lowest BCUT2D eigenvalue weighted by molar-refractivity contribution is 0.273. The van der Waals surface area contributed by atoms with Gasteiger partial charge in [0, 0.05) is 23.6 Å². The van der Waals surface area contributed by atoms with Crippen LogP contribution >= 0.6 is 0 Å². The summed E-state index contributed by atoms with van der Waals surface area (Å²) in [6.45, 7) is 0.0582. The van der Waals surface area contributed by atoms with Gasteiger partial charge in [0.1, 0.15) is 35.3 Å². The molecule has 0 saturated carbocycles. The van der Waals surface area contributed by atoms with E-state index in [0.29, 0.717) is 5.76 Å². The van der Waals surface area contributed by atoms with Crippen molar-refractivity contribution in [3.05, 3.63) is 65.9 Å². The van der Waals surface area contributed by atoms with Gasteiger partial charge in [0.25, 0.3) is 0 Å². The normalized spacial score (nSPS) is 12.5. The zero-order chi connectivity index (χ0) is 14.8. The minimum absolute atomic E-state index is 0.0582. The van der Waals surface area contributed by atoms with Gasteiger partial charge in [0.15, 0.2) is 0 Å². The van der Waals surface area contributed by atoms with Crippen LogP contribution in [0, 0.1) is 11.6 Å². The first-order chi connectivity index (χ1) is 10.1. The van der Waals surface area contributed by atoms with Gasteiger partial charge < -0.3 is 14.9 Å². The predicted molar refractivity (Wildman–Crippen MR) is 75.0 cm³/mol. The van der Waals surface area contributed by atoms with Crippen LogP contribution in [-0.4, -0.2) is 6.61 Å². The smallest absolute Gasteiger partial charge is 0.134 e. The van der Waals surface area contributed by atoms with Crippen LogP contribution in [0.2, 0.25) is 0 Å². The van der Waals surface area contributed by atoms with Gasteiger partial charge in [0.05, 0.1) is 6.04 Å². The molecule has 0 fully saturated rings. The second kappa shape index (κ2) is 5.54. The van der Waals surface area contributed by atoms with Gasteiger partial charge in [-0.1, -0.05) is 18.2 Å². The third-order valence-corrected chi connectivity index (χ3v) is 3.08. The van der Waals surface area contributed by atoms with Crippen molar-refractivity contribution in [2.24, 2.45) is 5.73 Å². The molecule has 0 bridgehead atoms. The number of rotatable bonds is 4. The summed E-state index contributed by atoms with van der Waals surface area (Å²) in [6, 6.07) is 11.8. The molecule has 2 N–H and O–H groups in total. The zero-order valence-electron chi connectivity index (χ0n) is 11.1. The highest BCUT2D eigenvalue weighted by molar-refractivity contribution is 5.77. The second-order valence-electron chi connectivity index (χ2n) is 4.71. The van der Waals surface area contributed by atoms with Gasteiger partial charge >= 0.3 is 0 Å². The predicted octanol–water partition coefficient (Wildman–Crippen LogP) is 3.79. The molecule has 0 spiro atoms. The standard InChI is InChI=1S/C16H13F2NO2/c17-11-6-12(18)8-13(7-11)20-9-14(19)16-5-10-3-1-2-4-15(10)21-16/h1-8,14H,9,19H2. The van der Waals surface area contributed by atoms with Crippen LogP contribution in [0.25, 0.3) is 11.0 Å². The summed E-state index contributed by atoms with van der Waals surface area (Å²) in [4.78, 5) is 0. The molecule has 2 aromatic carbocycles. The Kier molecular flexibility index (Phi) is 3.58. The summed E-state index contributed by atoms with van der Waals surface area (Å²) in [5.74, 6) is -0.725. The summed E-state index contributed by atoms with van der Waals surface area (Å²) < 4.78 is 37.0. The molecule has 3 nitrogen and oxygen atoms in total. The van der Waals surface area contributed by atoms with Gasteiger partial charge in [-0.3, -0.25) is 0 Å². The largest absolute Gasteiger partial charge is 0.491 e. The SMILES string of the molecule is NC(COc1cc(F)cc(F)c1)c1cc2ccccc2o1. The van der Waals surface area contributed by atoms with Crippen molar-refractivity contribution in [1.29, 1.82) is 0 Å². The summed E-state index contributed by atoms with van der Waals surface area (Å²) in [7, 11) is 0. The van der Waals surface area contributed by atoms with Crippen molar-refractivity contribution in [3.8, 4) is 5.75 Å². The minimum Gasteiger partial charge on any atom is -0.491 e. The monoisotopic (exact) mass is 289 g/mol. The summed E-state index contributed by atoms with van der Waals surface area (Å²) in [5, 5.41) is 0.944. The Hall–Kier alpha value is -2.40. The first kappa shape index (κ1) is 13.6. The second-order valence-corrected chi connectivity index (χ2v) is 4.71. The Morgan fingerprint density at radius 2 is 1.76 bits per heavy atom. The molecule has 0 amide bonds. The molecule has 1 aromatic heterocycles. The highest BCUT2D eigenvalue weighted by atomic mass is 19.1. The Labute approximate surface area is 119 Å². The molecule has 0 aliphatic carbocycles. The lowest BCUT2D eigenvalue weighted by Gasteiger charge is -2.11. The van der Waals surface area contributed by atoms with Crippen LogP contribution in [-0.2, 0) is 0 Å². The van der Waals surface area contributed by atoms with E-state index in [4.69, 9.17) is 14.9 Å². The zero-order valence-corrected chi connectivity index (χ0v) is 11.1. The molecule has 1 unspecified atom stereocenters. The number of hydrogen-bond acceptors (Lipinski definition) is 3. The number of halogens is 2. The Bertz CT molecular complexity index is 717. The molecule has 0 aliphatic rings. The van der Waals surface area contributed by atoms with E-state index in [2.05, 4.69) is 0 Å². The molecule has 1 atom stereocenters. The summed E-state index contributed by atoms with van der Waals surface area (Å²) in [6.07, 6.45) is 0. The fourth-order valence-corrected chi connectivity index (χ4v) is 2.07. The Morgan fingerprint density at radius 3 is 2.48 bits per heavy atom. The quantitative estimate of drug-likeness (QED) is 0.795. The van der Waals surface area contributed by atoms with E-state index < -0.39 is 17.7 Å². The topological polar surface area (TPSA) is 48.4 Å². The molecule has 108 valence electrons. The van der Waals surface area contributed by atoms with Crippen molar-refractivity contribution in [2.45, 2.75) is 6.04 Å². The van der Waals surface area contributed by atoms with Crippen LogP contribution in [0.15, 0.2) is 52.9 Å². The number of benzene rings is 2. The van der Waals surface area contributed by atoms with Crippen molar-refractivity contribution < 1.29 is 17.9 Å². The lowest BCUT2D eigenvalue weighted by atomic mass is 10.2. The fraction of sp³-hybridized carbons (Fsp3) is 0.125. The van der Waals surface area contributed by atoms with Crippen molar-refractivity contribution in [3.63, 3.8) is 0 Å². The van der Waals surface area contributed by atoms with Gasteiger partial charge in [-0.05, 0) is 12.1 Å². The number of para-hydroxylation sites is 1. The lowest BCUT2D eigenvalue weighted by Crippen LogP contribution is -2.18. The number of ether oxygens (including phenoxy) is 1. The van der Waals surface area contributed by atoms with Crippen LogP contribution in [0.1, 0.15) is 11.8 Å². The van der Waals surface area contributed by atoms with Crippen LogP contribution in [0.3, 0.4) is 0 Å². The van der Waals surface area contributed by atoms with E-state index in [-0.39, 0.29) is 12.4 Å². The first-order valence-corrected chi connectivity index (χ1v) is 6.45. The Balaban J connectivity index is 1.72. The van der Waals surface area contributed by atoms with E-state index in [1.807, 2.05) is 30.3 Å². The van der Waals surface area contributed by atoms with Crippen LogP contribution in [0.4, 0.5) is 8.78 Å². The van der Waals surface area contributed by atoms with E-state index in [9.17, 15) is 8.78 Å². The molecule has 0 aliphatic heterocycles. The summed E-state index contributed by atoms with van der Waals surface area (Å²) >= 11 is 0. The van der Waals surface area contributed by atoms with Crippen molar-refractivity contribution >= 4 is 11.0 Å². The molecule has 0 radical (unpaired) electrons. The first-order valence-electron chi connectivity index (χ1n) is 6.45. The fourth-order valence-electron chi connectivity index (χ4n) is 2.07. The van der Waals surface area contributed by atoms with Crippen molar-refractivity contribution in [1.82, 2.24) is 0 Å². The van der Waals surface area contributed by atoms with Gasteiger partial charge in [-0.2, -0.15) is 0 Å². The molecular weight excluding hydrogens is 276 g/mol. The highest BCUT2D eigenvalue weighted by Gasteiger charge is 2.13. The highest BCUT2D eigenvalue weighted by Crippen LogP contribution is 2.23. The van der Waals surface area contributed by atoms with Crippen molar-refractivity contribution in [2.75, 3.05) is 6.61 Å². The molecule has 3 aromatic rings. The molecule has 3 rings (SSSR count). The Morgan fingerprint density at radius 1 is 1.05 bits per heavy atom. The maximum Gasteiger partial charge on any atom is 0.134 e. The molecule has 21 heavy (non-hydrogen) atoms. The maximum atomic E-state index is 13.0. The molecular formula is C16H13F2NO2. The van der Waals surface area contributed by atoms with Crippen LogP contribution < -0.4 is 10.5 Å². The van der Waals surface area contributed by atoms with E-state index >= 15 is 0 Å². The maximum absolute atomic E-state index is 13.0. The van der Waals surface area contributed by atoms with Gasteiger partial charge in [-0.25, -0.2) is 8.78 Å². The number of furan rings is 1. The number of hydrogen-bond donors (Lipinski definition) is 1. The van der Waals surface area contributed by atoms with E-state index in [1.165, 1.54) is 0 Å². The number of fused-ring (bicyclic) bond motifs is 1. The molecule has 5 heteroatoms. The van der Waals surface area contributed by atoms with E-state index in [0.717, 1.165) is 29.2 Å².